The Morgan fingerprint density at radius 3 is 1.75 bits per heavy atom. The van der Waals surface area contributed by atoms with E-state index in [2.05, 4.69) is 0 Å². The number of hydrogen-bond donors (Lipinski definition) is 0. The number of Topliss-reactive ketones (excluding diaryl/α,β-unsaturated/α-hetero) is 1. The van der Waals surface area contributed by atoms with Crippen LogP contribution in [-0.2, 0) is 23.9 Å². The number of esters is 2. The molecule has 0 N–H and O–H groups in total. The maximum Gasteiger partial charge on any atom is 0.359 e. The molecule has 5 nitrogen and oxygen atoms in total. The van der Waals surface area contributed by atoms with Crippen molar-refractivity contribution in [2.45, 2.75) is 66.1 Å². The second kappa shape index (κ2) is 6.68. The smallest absolute Gasteiger partial charge is 0.359 e. The molecule has 0 bridgehead atoms. The summed E-state index contributed by atoms with van der Waals surface area (Å²) >= 11 is 0. The van der Waals surface area contributed by atoms with E-state index in [1.807, 2.05) is 13.8 Å². The highest BCUT2D eigenvalue weighted by Gasteiger charge is 2.48. The van der Waals surface area contributed by atoms with Gasteiger partial charge < -0.3 is 9.47 Å². The van der Waals surface area contributed by atoms with Crippen LogP contribution < -0.4 is 0 Å². The molecule has 5 heteroatoms. The summed E-state index contributed by atoms with van der Waals surface area (Å²) in [5.74, 6) is -2.10. The second-order valence-electron chi connectivity index (χ2n) is 5.96. The van der Waals surface area contributed by atoms with Crippen molar-refractivity contribution in [3.63, 3.8) is 0 Å². The summed E-state index contributed by atoms with van der Waals surface area (Å²) in [4.78, 5) is 35.5. The first kappa shape index (κ1) is 18.4. The van der Waals surface area contributed by atoms with Crippen molar-refractivity contribution < 1.29 is 23.9 Å². The van der Waals surface area contributed by atoms with Crippen LogP contribution in [0.4, 0.5) is 0 Å². The molecule has 0 aromatic rings. The summed E-state index contributed by atoms with van der Waals surface area (Å²) in [5, 5.41) is 0. The fraction of sp³-hybridized carbons (Fsp3) is 0.667. The minimum Gasteiger partial charge on any atom is -0.457 e. The Morgan fingerprint density at radius 1 is 0.950 bits per heavy atom. The van der Waals surface area contributed by atoms with Crippen molar-refractivity contribution >= 4 is 17.7 Å². The van der Waals surface area contributed by atoms with Crippen molar-refractivity contribution in [2.24, 2.45) is 0 Å². The predicted octanol–water partition coefficient (Wildman–Crippen LogP) is 2.58. The van der Waals surface area contributed by atoms with E-state index in [1.54, 1.807) is 26.8 Å². The molecule has 20 heavy (non-hydrogen) atoms. The molecule has 0 aromatic carbocycles. The Bertz CT molecular complexity index is 424. The summed E-state index contributed by atoms with van der Waals surface area (Å²) in [6.07, 6.45) is 1.65. The summed E-state index contributed by atoms with van der Waals surface area (Å²) < 4.78 is 10.3. The second-order valence-corrected chi connectivity index (χ2v) is 5.96. The van der Waals surface area contributed by atoms with E-state index in [0.29, 0.717) is 0 Å². The summed E-state index contributed by atoms with van der Waals surface area (Å²) in [7, 11) is 0. The number of carbonyl (C=O) groups is 3. The molecule has 0 rings (SSSR count). The van der Waals surface area contributed by atoms with Gasteiger partial charge in [0.25, 0.3) is 5.60 Å². The largest absolute Gasteiger partial charge is 0.457 e. The predicted molar refractivity (Wildman–Crippen MR) is 75.1 cm³/mol. The SMILES string of the molecule is CC(=O)OC(CC=C(C)C)(C(C)=O)C(=O)OC(C)(C)C. The van der Waals surface area contributed by atoms with Crippen LogP contribution >= 0.6 is 0 Å². The van der Waals surface area contributed by atoms with Crippen LogP contribution in [0.3, 0.4) is 0 Å². The van der Waals surface area contributed by atoms with Gasteiger partial charge in [-0.05, 0) is 41.5 Å². The third kappa shape index (κ3) is 5.55. The van der Waals surface area contributed by atoms with Crippen LogP contribution in [0.5, 0.6) is 0 Å². The fourth-order valence-electron chi connectivity index (χ4n) is 1.48. The maximum absolute atomic E-state index is 12.3. The van der Waals surface area contributed by atoms with Gasteiger partial charge >= 0.3 is 11.9 Å². The van der Waals surface area contributed by atoms with Gasteiger partial charge in [0.15, 0.2) is 5.78 Å². The molecule has 0 aliphatic rings. The van der Waals surface area contributed by atoms with E-state index in [9.17, 15) is 14.4 Å². The zero-order valence-corrected chi connectivity index (χ0v) is 13.3. The van der Waals surface area contributed by atoms with Crippen molar-refractivity contribution in [1.29, 1.82) is 0 Å². The number of allylic oxidation sites excluding steroid dienone is 1. The molecule has 1 atom stereocenters. The van der Waals surface area contributed by atoms with Gasteiger partial charge in [-0.15, -0.1) is 0 Å². The Balaban J connectivity index is 5.61. The first-order valence-corrected chi connectivity index (χ1v) is 6.48. The van der Waals surface area contributed by atoms with E-state index in [-0.39, 0.29) is 6.42 Å². The topological polar surface area (TPSA) is 69.7 Å². The minimum absolute atomic E-state index is 0.0286. The summed E-state index contributed by atoms with van der Waals surface area (Å²) in [6.45, 7) is 11.1. The molecule has 0 heterocycles. The number of ether oxygens (including phenoxy) is 2. The van der Waals surface area contributed by atoms with E-state index < -0.39 is 28.9 Å². The third-order valence-electron chi connectivity index (χ3n) is 2.41. The Labute approximate surface area is 120 Å². The van der Waals surface area contributed by atoms with Gasteiger partial charge in [0.05, 0.1) is 0 Å². The van der Waals surface area contributed by atoms with Crippen molar-refractivity contribution in [2.75, 3.05) is 0 Å². The number of hydrogen-bond acceptors (Lipinski definition) is 5. The molecule has 0 aromatic heterocycles. The number of ketones is 1. The van der Waals surface area contributed by atoms with E-state index >= 15 is 0 Å². The molecule has 0 amide bonds. The molecule has 0 aliphatic heterocycles. The van der Waals surface area contributed by atoms with Crippen LogP contribution in [0, 0.1) is 0 Å². The number of carbonyl (C=O) groups excluding carboxylic acids is 3. The van der Waals surface area contributed by atoms with Crippen molar-refractivity contribution in [1.82, 2.24) is 0 Å². The average Bonchev–Trinajstić information content (AvgIpc) is 2.20. The van der Waals surface area contributed by atoms with Crippen LogP contribution in [0.1, 0.15) is 54.9 Å². The molecular formula is C15H24O5. The lowest BCUT2D eigenvalue weighted by Gasteiger charge is -2.31. The molecule has 114 valence electrons. The first-order chi connectivity index (χ1) is 8.90. The van der Waals surface area contributed by atoms with Gasteiger partial charge in [0.1, 0.15) is 5.60 Å². The van der Waals surface area contributed by atoms with Crippen LogP contribution in [0.2, 0.25) is 0 Å². The molecular weight excluding hydrogens is 260 g/mol. The van der Waals surface area contributed by atoms with Crippen molar-refractivity contribution in [3.8, 4) is 0 Å². The normalized spacial score (nSPS) is 13.9. The summed E-state index contributed by atoms with van der Waals surface area (Å²) in [5.41, 5.74) is -1.77. The van der Waals surface area contributed by atoms with Gasteiger partial charge in [-0.3, -0.25) is 9.59 Å². The highest BCUT2D eigenvalue weighted by molar-refractivity contribution is 6.07. The van der Waals surface area contributed by atoms with Crippen LogP contribution in [-0.4, -0.2) is 28.9 Å². The molecule has 0 fully saturated rings. The highest BCUT2D eigenvalue weighted by atomic mass is 16.6. The molecule has 0 aliphatic carbocycles. The van der Waals surface area contributed by atoms with Gasteiger partial charge in [-0.25, -0.2) is 4.79 Å². The first-order valence-electron chi connectivity index (χ1n) is 6.48. The molecule has 0 saturated carbocycles. The van der Waals surface area contributed by atoms with Gasteiger partial charge in [-0.1, -0.05) is 11.6 Å². The standard InChI is InChI=1S/C15H24O5/c1-10(2)8-9-15(11(3)16,19-12(4)17)13(18)20-14(5,6)7/h8H,9H2,1-7H3. The molecule has 0 radical (unpaired) electrons. The molecule has 1 unspecified atom stereocenters. The van der Waals surface area contributed by atoms with E-state index in [0.717, 1.165) is 12.5 Å². The van der Waals surface area contributed by atoms with Crippen LogP contribution in [0.15, 0.2) is 11.6 Å². The average molecular weight is 284 g/mol. The van der Waals surface area contributed by atoms with Crippen LogP contribution in [0.25, 0.3) is 0 Å². The maximum atomic E-state index is 12.3. The zero-order chi connectivity index (χ0) is 16.1. The lowest BCUT2D eigenvalue weighted by Crippen LogP contribution is -2.51. The van der Waals surface area contributed by atoms with Gasteiger partial charge in [-0.2, -0.15) is 0 Å². The third-order valence-corrected chi connectivity index (χ3v) is 2.41. The molecule has 0 saturated heterocycles. The highest BCUT2D eigenvalue weighted by Crippen LogP contribution is 2.25. The number of rotatable bonds is 5. The lowest BCUT2D eigenvalue weighted by atomic mass is 9.93. The minimum atomic E-state index is -1.91. The van der Waals surface area contributed by atoms with E-state index in [4.69, 9.17) is 9.47 Å². The van der Waals surface area contributed by atoms with Crippen molar-refractivity contribution in [3.05, 3.63) is 11.6 Å². The van der Waals surface area contributed by atoms with Gasteiger partial charge in [0.2, 0.25) is 0 Å². The Kier molecular flexibility index (Phi) is 6.13. The quantitative estimate of drug-likeness (QED) is 0.441. The Hall–Kier alpha value is -1.65. The zero-order valence-electron chi connectivity index (χ0n) is 13.3. The van der Waals surface area contributed by atoms with Gasteiger partial charge in [0, 0.05) is 13.3 Å². The molecule has 0 spiro atoms. The van der Waals surface area contributed by atoms with E-state index in [1.165, 1.54) is 6.92 Å². The Morgan fingerprint density at radius 2 is 1.45 bits per heavy atom. The lowest BCUT2D eigenvalue weighted by molar-refractivity contribution is -0.191. The fourth-order valence-corrected chi connectivity index (χ4v) is 1.48. The summed E-state index contributed by atoms with van der Waals surface area (Å²) in [6, 6.07) is 0. The monoisotopic (exact) mass is 284 g/mol.